The van der Waals surface area contributed by atoms with Crippen LogP contribution in [0.1, 0.15) is 34.6 Å². The van der Waals surface area contributed by atoms with Gasteiger partial charge in [-0.25, -0.2) is 0 Å². The van der Waals surface area contributed by atoms with E-state index in [2.05, 4.69) is 4.98 Å². The summed E-state index contributed by atoms with van der Waals surface area (Å²) < 4.78 is 10.8. The number of ketones is 1. The van der Waals surface area contributed by atoms with Crippen LogP contribution in [0.25, 0.3) is 0 Å². The van der Waals surface area contributed by atoms with Gasteiger partial charge in [-0.05, 0) is 48.4 Å². The van der Waals surface area contributed by atoms with E-state index >= 15 is 0 Å². The Kier molecular flexibility index (Phi) is 5.34. The fourth-order valence-electron chi connectivity index (χ4n) is 3.57. The van der Waals surface area contributed by atoms with E-state index in [1.54, 1.807) is 48.8 Å². The number of pyridine rings is 1. The van der Waals surface area contributed by atoms with Gasteiger partial charge in [0, 0.05) is 18.9 Å². The summed E-state index contributed by atoms with van der Waals surface area (Å²) in [5.41, 5.74) is 1.40. The Labute approximate surface area is 173 Å². The number of furan rings is 1. The summed E-state index contributed by atoms with van der Waals surface area (Å²) in [5.74, 6) is -1.07. The number of amides is 1. The van der Waals surface area contributed by atoms with Crippen molar-refractivity contribution in [3.05, 3.63) is 95.4 Å². The van der Waals surface area contributed by atoms with Crippen molar-refractivity contribution in [2.75, 3.05) is 6.61 Å². The molecular weight excluding hydrogens is 384 g/mol. The van der Waals surface area contributed by atoms with E-state index in [1.807, 2.05) is 13.0 Å². The SMILES string of the molecule is CCOc1cccc(C2C(C(=O)c3ccco3)=C(O)C(=O)N2Cc2cccnc2)c1. The third kappa shape index (κ3) is 3.57. The zero-order valence-corrected chi connectivity index (χ0v) is 16.3. The van der Waals surface area contributed by atoms with Gasteiger partial charge in [0.25, 0.3) is 5.91 Å². The molecular formula is C23H20N2O5. The van der Waals surface area contributed by atoms with Crippen molar-refractivity contribution in [3.63, 3.8) is 0 Å². The van der Waals surface area contributed by atoms with Crippen molar-refractivity contribution in [1.29, 1.82) is 0 Å². The lowest BCUT2D eigenvalue weighted by atomic mass is 9.94. The number of carbonyl (C=O) groups is 2. The number of hydrogen-bond acceptors (Lipinski definition) is 6. The molecule has 1 unspecified atom stereocenters. The number of benzene rings is 1. The van der Waals surface area contributed by atoms with Crippen LogP contribution < -0.4 is 4.74 Å². The summed E-state index contributed by atoms with van der Waals surface area (Å²) in [6.07, 6.45) is 4.66. The van der Waals surface area contributed by atoms with Gasteiger partial charge in [0.2, 0.25) is 5.78 Å². The van der Waals surface area contributed by atoms with Crippen LogP contribution in [-0.2, 0) is 11.3 Å². The minimum Gasteiger partial charge on any atom is -0.503 e. The van der Waals surface area contributed by atoms with E-state index < -0.39 is 23.5 Å². The van der Waals surface area contributed by atoms with Crippen molar-refractivity contribution in [2.45, 2.75) is 19.5 Å². The molecule has 1 amide bonds. The number of aliphatic hydroxyl groups excluding tert-OH is 1. The molecule has 0 fully saturated rings. The maximum atomic E-state index is 13.1. The Morgan fingerprint density at radius 2 is 2.10 bits per heavy atom. The Morgan fingerprint density at radius 1 is 1.23 bits per heavy atom. The number of aromatic nitrogens is 1. The zero-order chi connectivity index (χ0) is 21.1. The van der Waals surface area contributed by atoms with E-state index in [0.717, 1.165) is 5.56 Å². The lowest BCUT2D eigenvalue weighted by Gasteiger charge is -2.27. The standard InChI is InChI=1S/C23H20N2O5/c1-2-29-17-8-3-7-16(12-17)20-19(21(26)18-9-5-11-30-18)22(27)23(28)25(20)14-15-6-4-10-24-13-15/h3-13,20,27H,2,14H2,1H3. The van der Waals surface area contributed by atoms with Gasteiger partial charge in [0.15, 0.2) is 11.5 Å². The first-order valence-electron chi connectivity index (χ1n) is 9.54. The van der Waals surface area contributed by atoms with Crippen LogP contribution in [0.3, 0.4) is 0 Å². The average molecular weight is 404 g/mol. The smallest absolute Gasteiger partial charge is 0.290 e. The zero-order valence-electron chi connectivity index (χ0n) is 16.3. The Morgan fingerprint density at radius 3 is 2.80 bits per heavy atom. The van der Waals surface area contributed by atoms with Gasteiger partial charge >= 0.3 is 0 Å². The van der Waals surface area contributed by atoms with Crippen molar-refractivity contribution in [1.82, 2.24) is 9.88 Å². The number of nitrogens with zero attached hydrogens (tertiary/aromatic N) is 2. The normalized spacial score (nSPS) is 16.2. The molecule has 1 N–H and O–H groups in total. The van der Waals surface area contributed by atoms with Crippen LogP contribution in [0, 0.1) is 0 Å². The second-order valence-electron chi connectivity index (χ2n) is 6.77. The number of ether oxygens (including phenoxy) is 1. The van der Waals surface area contributed by atoms with Gasteiger partial charge in [0.1, 0.15) is 5.75 Å². The maximum absolute atomic E-state index is 13.1. The highest BCUT2D eigenvalue weighted by molar-refractivity contribution is 6.15. The van der Waals surface area contributed by atoms with Gasteiger partial charge in [0.05, 0.1) is 24.5 Å². The van der Waals surface area contributed by atoms with E-state index in [0.29, 0.717) is 17.9 Å². The number of rotatable bonds is 7. The average Bonchev–Trinajstić information content (AvgIpc) is 3.38. The van der Waals surface area contributed by atoms with Gasteiger partial charge < -0.3 is 19.2 Å². The quantitative estimate of drug-likeness (QED) is 0.601. The third-order valence-corrected chi connectivity index (χ3v) is 4.85. The summed E-state index contributed by atoms with van der Waals surface area (Å²) in [4.78, 5) is 31.6. The molecule has 1 aromatic carbocycles. The lowest BCUT2D eigenvalue weighted by Crippen LogP contribution is -2.30. The van der Waals surface area contributed by atoms with Gasteiger partial charge in [-0.3, -0.25) is 14.6 Å². The second-order valence-corrected chi connectivity index (χ2v) is 6.77. The Bertz CT molecular complexity index is 1090. The molecule has 3 heterocycles. The van der Waals surface area contributed by atoms with Crippen LogP contribution in [0.2, 0.25) is 0 Å². The highest BCUT2D eigenvalue weighted by atomic mass is 16.5. The number of Topliss-reactive ketones (excluding diaryl/α,β-unsaturated/α-hetero) is 1. The molecule has 0 saturated heterocycles. The fraction of sp³-hybridized carbons (Fsp3) is 0.174. The molecule has 152 valence electrons. The third-order valence-electron chi connectivity index (χ3n) is 4.85. The van der Waals surface area contributed by atoms with Crippen LogP contribution >= 0.6 is 0 Å². The summed E-state index contributed by atoms with van der Waals surface area (Å²) in [5, 5.41) is 10.7. The highest BCUT2D eigenvalue weighted by Gasteiger charge is 2.44. The molecule has 1 atom stereocenters. The highest BCUT2D eigenvalue weighted by Crippen LogP contribution is 2.40. The van der Waals surface area contributed by atoms with Gasteiger partial charge in [-0.2, -0.15) is 0 Å². The monoisotopic (exact) mass is 404 g/mol. The molecule has 0 spiro atoms. The molecule has 0 bridgehead atoms. The predicted molar refractivity (Wildman–Crippen MR) is 108 cm³/mol. The topological polar surface area (TPSA) is 92.9 Å². The van der Waals surface area contributed by atoms with E-state index in [9.17, 15) is 14.7 Å². The second kappa shape index (κ2) is 8.24. The fourth-order valence-corrected chi connectivity index (χ4v) is 3.57. The van der Waals surface area contributed by atoms with Crippen molar-refractivity contribution < 1.29 is 23.8 Å². The van der Waals surface area contributed by atoms with Crippen molar-refractivity contribution in [2.24, 2.45) is 0 Å². The summed E-state index contributed by atoms with van der Waals surface area (Å²) in [6.45, 7) is 2.53. The largest absolute Gasteiger partial charge is 0.503 e. The summed E-state index contributed by atoms with van der Waals surface area (Å²) >= 11 is 0. The van der Waals surface area contributed by atoms with E-state index in [1.165, 1.54) is 17.2 Å². The van der Waals surface area contributed by atoms with Crippen LogP contribution in [0.15, 0.2) is 82.9 Å². The van der Waals surface area contributed by atoms with E-state index in [-0.39, 0.29) is 17.9 Å². The minimum atomic E-state index is -0.796. The van der Waals surface area contributed by atoms with Crippen molar-refractivity contribution in [3.8, 4) is 5.75 Å². The first kappa shape index (κ1) is 19.4. The first-order chi connectivity index (χ1) is 14.6. The van der Waals surface area contributed by atoms with Crippen molar-refractivity contribution >= 4 is 11.7 Å². The van der Waals surface area contributed by atoms with Gasteiger partial charge in [-0.15, -0.1) is 0 Å². The van der Waals surface area contributed by atoms with E-state index in [4.69, 9.17) is 9.15 Å². The molecule has 0 radical (unpaired) electrons. The first-order valence-corrected chi connectivity index (χ1v) is 9.54. The molecule has 2 aromatic heterocycles. The number of aliphatic hydroxyl groups is 1. The molecule has 0 aliphatic carbocycles. The molecule has 30 heavy (non-hydrogen) atoms. The predicted octanol–water partition coefficient (Wildman–Crippen LogP) is 3.85. The Balaban J connectivity index is 1.80. The van der Waals surface area contributed by atoms with Gasteiger partial charge in [-0.1, -0.05) is 18.2 Å². The molecule has 3 aromatic rings. The minimum absolute atomic E-state index is 0.0208. The summed E-state index contributed by atoms with van der Waals surface area (Å²) in [7, 11) is 0. The summed E-state index contributed by atoms with van der Waals surface area (Å²) in [6, 6.07) is 13.0. The van der Waals surface area contributed by atoms with Crippen LogP contribution in [0.5, 0.6) is 5.75 Å². The van der Waals surface area contributed by atoms with Crippen LogP contribution in [-0.4, -0.2) is 33.3 Å². The Hall–Kier alpha value is -3.87. The molecule has 7 nitrogen and oxygen atoms in total. The lowest BCUT2D eigenvalue weighted by molar-refractivity contribution is -0.130. The molecule has 0 saturated carbocycles. The molecule has 4 rings (SSSR count). The number of hydrogen-bond donors (Lipinski definition) is 1. The molecule has 1 aliphatic heterocycles. The van der Waals surface area contributed by atoms with Crippen LogP contribution in [0.4, 0.5) is 0 Å². The molecule has 7 heteroatoms. The number of carbonyl (C=O) groups excluding carboxylic acids is 2. The maximum Gasteiger partial charge on any atom is 0.290 e. The molecule has 1 aliphatic rings.